The quantitative estimate of drug-likeness (QED) is 0.373. The van der Waals surface area contributed by atoms with Crippen molar-refractivity contribution in [2.75, 3.05) is 24.6 Å². The SMILES string of the molecule is CN=C(NCc1ccccc1NS(C)(=O)=O)NCC(c1ccccc1)c1ccccc1. The van der Waals surface area contributed by atoms with E-state index in [1.165, 1.54) is 11.1 Å². The van der Waals surface area contributed by atoms with Crippen LogP contribution in [0, 0.1) is 0 Å². The molecule has 0 fully saturated rings. The van der Waals surface area contributed by atoms with Crippen LogP contribution in [0.2, 0.25) is 0 Å². The fourth-order valence-electron chi connectivity index (χ4n) is 3.37. The smallest absolute Gasteiger partial charge is 0.229 e. The van der Waals surface area contributed by atoms with Crippen LogP contribution in [0.25, 0.3) is 0 Å². The normalized spacial score (nSPS) is 11.9. The molecular formula is C24H28N4O2S. The molecule has 0 bridgehead atoms. The molecule has 6 nitrogen and oxygen atoms in total. The lowest BCUT2D eigenvalue weighted by molar-refractivity contribution is 0.606. The van der Waals surface area contributed by atoms with E-state index in [0.29, 0.717) is 24.7 Å². The van der Waals surface area contributed by atoms with E-state index in [4.69, 9.17) is 0 Å². The number of hydrogen-bond acceptors (Lipinski definition) is 3. The Bertz CT molecular complexity index is 1060. The summed E-state index contributed by atoms with van der Waals surface area (Å²) < 4.78 is 25.8. The highest BCUT2D eigenvalue weighted by Gasteiger charge is 2.15. The molecule has 0 heterocycles. The molecule has 0 saturated carbocycles. The maximum absolute atomic E-state index is 11.6. The van der Waals surface area contributed by atoms with Gasteiger partial charge in [0.15, 0.2) is 5.96 Å². The minimum Gasteiger partial charge on any atom is -0.355 e. The Morgan fingerprint density at radius 2 is 1.39 bits per heavy atom. The fourth-order valence-corrected chi connectivity index (χ4v) is 3.97. The highest BCUT2D eigenvalue weighted by atomic mass is 32.2. The first-order valence-corrected chi connectivity index (χ1v) is 12.0. The van der Waals surface area contributed by atoms with Crippen LogP contribution < -0.4 is 15.4 Å². The molecule has 162 valence electrons. The average Bonchev–Trinajstić information content (AvgIpc) is 2.77. The molecular weight excluding hydrogens is 408 g/mol. The largest absolute Gasteiger partial charge is 0.355 e. The van der Waals surface area contributed by atoms with Crippen LogP contribution in [-0.2, 0) is 16.6 Å². The Balaban J connectivity index is 1.69. The molecule has 0 aliphatic heterocycles. The summed E-state index contributed by atoms with van der Waals surface area (Å²) in [6.45, 7) is 1.09. The molecule has 0 aliphatic carbocycles. The van der Waals surface area contributed by atoms with E-state index in [1.807, 2.05) is 48.5 Å². The van der Waals surface area contributed by atoms with Gasteiger partial charge in [0.2, 0.25) is 10.0 Å². The second-order valence-electron chi connectivity index (χ2n) is 7.21. The fraction of sp³-hybridized carbons (Fsp3) is 0.208. The van der Waals surface area contributed by atoms with Gasteiger partial charge in [0.1, 0.15) is 0 Å². The molecule has 0 saturated heterocycles. The molecule has 31 heavy (non-hydrogen) atoms. The van der Waals surface area contributed by atoms with Crippen molar-refractivity contribution in [3.63, 3.8) is 0 Å². The molecule has 3 aromatic carbocycles. The average molecular weight is 437 g/mol. The molecule has 7 heteroatoms. The number of aliphatic imine (C=N–C) groups is 1. The van der Waals surface area contributed by atoms with Gasteiger partial charge >= 0.3 is 0 Å². The van der Waals surface area contributed by atoms with Crippen molar-refractivity contribution < 1.29 is 8.42 Å². The number of hydrogen-bond donors (Lipinski definition) is 3. The lowest BCUT2D eigenvalue weighted by atomic mass is 9.91. The maximum Gasteiger partial charge on any atom is 0.229 e. The van der Waals surface area contributed by atoms with Gasteiger partial charge in [-0.05, 0) is 22.8 Å². The van der Waals surface area contributed by atoms with E-state index in [2.05, 4.69) is 44.6 Å². The molecule has 0 aromatic heterocycles. The Kier molecular flexibility index (Phi) is 7.67. The standard InChI is InChI=1S/C24H28N4O2S/c1-25-24(26-17-21-15-9-10-16-23(21)28-31(2,29)30)27-18-22(19-11-5-3-6-12-19)20-13-7-4-8-14-20/h3-16,22,28H,17-18H2,1-2H3,(H2,25,26,27). The molecule has 0 radical (unpaired) electrons. The minimum absolute atomic E-state index is 0.167. The summed E-state index contributed by atoms with van der Waals surface area (Å²) in [5.74, 6) is 0.811. The third-order valence-corrected chi connectivity index (χ3v) is 5.45. The number of nitrogens with zero attached hydrogens (tertiary/aromatic N) is 1. The van der Waals surface area contributed by atoms with Crippen molar-refractivity contribution in [3.05, 3.63) is 102 Å². The van der Waals surface area contributed by atoms with Crippen molar-refractivity contribution in [1.82, 2.24) is 10.6 Å². The zero-order valence-electron chi connectivity index (χ0n) is 17.7. The molecule has 0 amide bonds. The number of para-hydroxylation sites is 1. The summed E-state index contributed by atoms with van der Waals surface area (Å²) in [6, 6.07) is 28.0. The molecule has 0 aliphatic rings. The van der Waals surface area contributed by atoms with Gasteiger partial charge in [0.25, 0.3) is 0 Å². The summed E-state index contributed by atoms with van der Waals surface area (Å²) in [6.07, 6.45) is 1.14. The third-order valence-electron chi connectivity index (χ3n) is 4.86. The van der Waals surface area contributed by atoms with Crippen LogP contribution in [0.1, 0.15) is 22.6 Å². The highest BCUT2D eigenvalue weighted by molar-refractivity contribution is 7.92. The predicted octanol–water partition coefficient (Wildman–Crippen LogP) is 3.56. The van der Waals surface area contributed by atoms with E-state index in [1.54, 1.807) is 19.2 Å². The van der Waals surface area contributed by atoms with Gasteiger partial charge in [-0.3, -0.25) is 9.71 Å². The Labute approximate surface area is 184 Å². The summed E-state index contributed by atoms with van der Waals surface area (Å²) in [5.41, 5.74) is 3.83. The van der Waals surface area contributed by atoms with Crippen molar-refractivity contribution in [2.24, 2.45) is 4.99 Å². The van der Waals surface area contributed by atoms with E-state index in [9.17, 15) is 8.42 Å². The summed E-state index contributed by atoms with van der Waals surface area (Å²) in [5, 5.41) is 6.68. The monoisotopic (exact) mass is 436 g/mol. The van der Waals surface area contributed by atoms with E-state index < -0.39 is 10.0 Å². The van der Waals surface area contributed by atoms with E-state index >= 15 is 0 Å². The Morgan fingerprint density at radius 1 is 0.839 bits per heavy atom. The molecule has 3 rings (SSSR count). The van der Waals surface area contributed by atoms with Crippen molar-refractivity contribution in [2.45, 2.75) is 12.5 Å². The third kappa shape index (κ3) is 6.86. The van der Waals surface area contributed by atoms with Gasteiger partial charge < -0.3 is 10.6 Å². The second-order valence-corrected chi connectivity index (χ2v) is 8.96. The number of benzene rings is 3. The lowest BCUT2D eigenvalue weighted by Gasteiger charge is -2.21. The molecule has 3 N–H and O–H groups in total. The second kappa shape index (κ2) is 10.6. The van der Waals surface area contributed by atoms with Crippen LogP contribution in [-0.4, -0.2) is 34.2 Å². The van der Waals surface area contributed by atoms with Gasteiger partial charge in [-0.2, -0.15) is 0 Å². The topological polar surface area (TPSA) is 82.6 Å². The minimum atomic E-state index is -3.35. The molecule has 3 aromatic rings. The van der Waals surface area contributed by atoms with Gasteiger partial charge in [-0.15, -0.1) is 0 Å². The van der Waals surface area contributed by atoms with Gasteiger partial charge in [-0.25, -0.2) is 8.42 Å². The molecule has 0 spiro atoms. The van der Waals surface area contributed by atoms with Crippen molar-refractivity contribution >= 4 is 21.7 Å². The zero-order valence-corrected chi connectivity index (χ0v) is 18.6. The highest BCUT2D eigenvalue weighted by Crippen LogP contribution is 2.23. The van der Waals surface area contributed by atoms with Crippen LogP contribution in [0.15, 0.2) is 89.9 Å². The number of sulfonamides is 1. The number of anilines is 1. The summed E-state index contributed by atoms with van der Waals surface area (Å²) >= 11 is 0. The Hall–Kier alpha value is -3.32. The molecule has 0 unspecified atom stereocenters. The lowest BCUT2D eigenvalue weighted by Crippen LogP contribution is -2.39. The maximum atomic E-state index is 11.6. The van der Waals surface area contributed by atoms with Gasteiger partial charge in [0, 0.05) is 26.1 Å². The summed E-state index contributed by atoms with van der Waals surface area (Å²) in [4.78, 5) is 4.32. The number of guanidine groups is 1. The number of rotatable bonds is 8. The van der Waals surface area contributed by atoms with Gasteiger partial charge in [-0.1, -0.05) is 78.9 Å². The number of nitrogens with one attached hydrogen (secondary N) is 3. The van der Waals surface area contributed by atoms with E-state index in [-0.39, 0.29) is 5.92 Å². The van der Waals surface area contributed by atoms with Crippen LogP contribution in [0.5, 0.6) is 0 Å². The predicted molar refractivity (Wildman–Crippen MR) is 128 cm³/mol. The van der Waals surface area contributed by atoms with Crippen molar-refractivity contribution in [3.8, 4) is 0 Å². The van der Waals surface area contributed by atoms with Crippen LogP contribution in [0.3, 0.4) is 0 Å². The first kappa shape index (κ1) is 22.4. The Morgan fingerprint density at radius 3 is 1.94 bits per heavy atom. The van der Waals surface area contributed by atoms with Crippen molar-refractivity contribution in [1.29, 1.82) is 0 Å². The zero-order chi connectivity index (χ0) is 22.1. The van der Waals surface area contributed by atoms with E-state index in [0.717, 1.165) is 11.8 Å². The van der Waals surface area contributed by atoms with Crippen LogP contribution in [0.4, 0.5) is 5.69 Å². The molecule has 0 atom stereocenters. The van der Waals surface area contributed by atoms with Gasteiger partial charge in [0.05, 0.1) is 11.9 Å². The summed E-state index contributed by atoms with van der Waals surface area (Å²) in [7, 11) is -1.63. The first-order chi connectivity index (χ1) is 15.0. The first-order valence-electron chi connectivity index (χ1n) is 10.1. The van der Waals surface area contributed by atoms with Crippen LogP contribution >= 0.6 is 0 Å².